The van der Waals surface area contributed by atoms with Crippen molar-refractivity contribution in [3.8, 4) is 5.75 Å². The smallest absolute Gasteiger partial charge is 0.159 e. The van der Waals surface area contributed by atoms with Crippen molar-refractivity contribution in [2.75, 3.05) is 6.61 Å². The van der Waals surface area contributed by atoms with E-state index in [1.54, 1.807) is 6.20 Å². The molecule has 2 rings (SSSR count). The Morgan fingerprint density at radius 2 is 2.38 bits per heavy atom. The Labute approximate surface area is 78.2 Å². The molecule has 1 aromatic rings. The Morgan fingerprint density at radius 1 is 1.54 bits per heavy atom. The van der Waals surface area contributed by atoms with Gasteiger partial charge in [-0.3, -0.25) is 0 Å². The molecule has 2 heterocycles. The van der Waals surface area contributed by atoms with Crippen molar-refractivity contribution < 1.29 is 4.74 Å². The van der Waals surface area contributed by atoms with Gasteiger partial charge in [-0.1, -0.05) is 6.92 Å². The van der Waals surface area contributed by atoms with Crippen LogP contribution in [-0.2, 0) is 6.42 Å². The van der Waals surface area contributed by atoms with Crippen molar-refractivity contribution in [2.24, 2.45) is 5.92 Å². The van der Waals surface area contributed by atoms with E-state index < -0.39 is 0 Å². The van der Waals surface area contributed by atoms with Gasteiger partial charge in [-0.2, -0.15) is 0 Å². The third kappa shape index (κ3) is 1.79. The molecule has 13 heavy (non-hydrogen) atoms. The van der Waals surface area contributed by atoms with Crippen LogP contribution in [-0.4, -0.2) is 16.6 Å². The number of fused-ring (bicyclic) bond motifs is 1. The molecule has 0 saturated carbocycles. The molecule has 1 aliphatic rings. The van der Waals surface area contributed by atoms with Crippen LogP contribution in [0.3, 0.4) is 0 Å². The highest BCUT2D eigenvalue weighted by molar-refractivity contribution is 5.25. The standard InChI is InChI=1S/C10H14N2O/c1-7-3-4-9-10(13-6-7)5-11-8(2)12-9/h5,7H,3-4,6H2,1-2H3. The first-order valence-corrected chi connectivity index (χ1v) is 4.71. The lowest BCUT2D eigenvalue weighted by Gasteiger charge is -2.06. The highest BCUT2D eigenvalue weighted by Gasteiger charge is 2.14. The summed E-state index contributed by atoms with van der Waals surface area (Å²) in [5, 5.41) is 0. The zero-order valence-corrected chi connectivity index (χ0v) is 8.08. The fourth-order valence-electron chi connectivity index (χ4n) is 1.50. The first kappa shape index (κ1) is 8.48. The van der Waals surface area contributed by atoms with Crippen LogP contribution in [0.2, 0.25) is 0 Å². The van der Waals surface area contributed by atoms with E-state index in [1.165, 1.54) is 0 Å². The number of rotatable bonds is 0. The third-order valence-electron chi connectivity index (χ3n) is 2.35. The molecule has 70 valence electrons. The van der Waals surface area contributed by atoms with Crippen LogP contribution in [0, 0.1) is 12.8 Å². The maximum Gasteiger partial charge on any atom is 0.159 e. The van der Waals surface area contributed by atoms with Crippen molar-refractivity contribution in [1.29, 1.82) is 0 Å². The molecule has 0 aliphatic carbocycles. The van der Waals surface area contributed by atoms with E-state index >= 15 is 0 Å². The summed E-state index contributed by atoms with van der Waals surface area (Å²) in [5.74, 6) is 2.32. The number of ether oxygens (including phenoxy) is 1. The van der Waals surface area contributed by atoms with Gasteiger partial charge in [0.2, 0.25) is 0 Å². The van der Waals surface area contributed by atoms with Crippen LogP contribution in [0.1, 0.15) is 24.9 Å². The average molecular weight is 178 g/mol. The van der Waals surface area contributed by atoms with Gasteiger partial charge in [0.05, 0.1) is 18.5 Å². The molecule has 0 N–H and O–H groups in total. The number of hydrogen-bond donors (Lipinski definition) is 0. The lowest BCUT2D eigenvalue weighted by molar-refractivity contribution is 0.264. The summed E-state index contributed by atoms with van der Waals surface area (Å²) in [5.41, 5.74) is 1.07. The van der Waals surface area contributed by atoms with E-state index in [1.807, 2.05) is 6.92 Å². The molecule has 0 fully saturated rings. The number of aromatic nitrogens is 2. The third-order valence-corrected chi connectivity index (χ3v) is 2.35. The molecule has 0 spiro atoms. The number of hydrogen-bond acceptors (Lipinski definition) is 3. The van der Waals surface area contributed by atoms with Gasteiger partial charge in [-0.25, -0.2) is 9.97 Å². The van der Waals surface area contributed by atoms with Crippen LogP contribution in [0.25, 0.3) is 0 Å². The summed E-state index contributed by atoms with van der Waals surface area (Å²) in [6, 6.07) is 0. The number of aryl methyl sites for hydroxylation is 2. The normalized spacial score (nSPS) is 21.5. The predicted molar refractivity (Wildman–Crippen MR) is 49.7 cm³/mol. The molecule has 0 saturated heterocycles. The molecular formula is C10H14N2O. The minimum atomic E-state index is 0.620. The quantitative estimate of drug-likeness (QED) is 0.607. The van der Waals surface area contributed by atoms with Gasteiger partial charge in [0.15, 0.2) is 5.75 Å². The zero-order valence-electron chi connectivity index (χ0n) is 8.08. The fraction of sp³-hybridized carbons (Fsp3) is 0.600. The summed E-state index contributed by atoms with van der Waals surface area (Å²) in [6.45, 7) is 4.90. The Bertz CT molecular complexity index is 312. The van der Waals surface area contributed by atoms with E-state index in [2.05, 4.69) is 16.9 Å². The van der Waals surface area contributed by atoms with Crippen LogP contribution in [0.4, 0.5) is 0 Å². The first-order chi connectivity index (χ1) is 6.25. The highest BCUT2D eigenvalue weighted by Crippen LogP contribution is 2.23. The van der Waals surface area contributed by atoms with Crippen molar-refractivity contribution in [2.45, 2.75) is 26.7 Å². The second-order valence-electron chi connectivity index (χ2n) is 3.68. The molecule has 0 amide bonds. The monoisotopic (exact) mass is 178 g/mol. The summed E-state index contributed by atoms with van der Waals surface area (Å²) in [6.07, 6.45) is 3.96. The SMILES string of the molecule is Cc1ncc2c(n1)CCC(C)CO2. The van der Waals surface area contributed by atoms with Crippen molar-refractivity contribution in [1.82, 2.24) is 9.97 Å². The van der Waals surface area contributed by atoms with E-state index in [9.17, 15) is 0 Å². The lowest BCUT2D eigenvalue weighted by atomic mass is 10.1. The minimum absolute atomic E-state index is 0.620. The topological polar surface area (TPSA) is 35.0 Å². The summed E-state index contributed by atoms with van der Waals surface area (Å²) in [4.78, 5) is 8.50. The molecule has 0 bridgehead atoms. The van der Waals surface area contributed by atoms with Crippen molar-refractivity contribution in [3.63, 3.8) is 0 Å². The van der Waals surface area contributed by atoms with Gasteiger partial charge in [-0.15, -0.1) is 0 Å². The first-order valence-electron chi connectivity index (χ1n) is 4.71. The Kier molecular flexibility index (Phi) is 2.17. The van der Waals surface area contributed by atoms with Crippen molar-refractivity contribution >= 4 is 0 Å². The molecule has 1 unspecified atom stereocenters. The summed E-state index contributed by atoms with van der Waals surface area (Å²) in [7, 11) is 0. The van der Waals surface area contributed by atoms with Gasteiger partial charge in [0.1, 0.15) is 5.82 Å². The van der Waals surface area contributed by atoms with Gasteiger partial charge in [0, 0.05) is 0 Å². The largest absolute Gasteiger partial charge is 0.490 e. The molecule has 0 aromatic carbocycles. The molecule has 1 aromatic heterocycles. The van der Waals surface area contributed by atoms with E-state index in [0.29, 0.717) is 5.92 Å². The zero-order chi connectivity index (χ0) is 9.26. The molecular weight excluding hydrogens is 164 g/mol. The second-order valence-corrected chi connectivity index (χ2v) is 3.68. The van der Waals surface area contributed by atoms with Gasteiger partial charge in [-0.05, 0) is 25.7 Å². The van der Waals surface area contributed by atoms with Crippen LogP contribution in [0.15, 0.2) is 6.20 Å². The second kappa shape index (κ2) is 3.32. The highest BCUT2D eigenvalue weighted by atomic mass is 16.5. The maximum absolute atomic E-state index is 5.59. The Hall–Kier alpha value is -1.12. The van der Waals surface area contributed by atoms with E-state index in [4.69, 9.17) is 4.74 Å². The average Bonchev–Trinajstić information content (AvgIpc) is 2.29. The van der Waals surface area contributed by atoms with Crippen molar-refractivity contribution in [3.05, 3.63) is 17.7 Å². The Balaban J connectivity index is 2.30. The minimum Gasteiger partial charge on any atom is -0.490 e. The van der Waals surface area contributed by atoms with Crippen LogP contribution < -0.4 is 4.74 Å². The van der Waals surface area contributed by atoms with Gasteiger partial charge in [0.25, 0.3) is 0 Å². The summed E-state index contributed by atoms with van der Waals surface area (Å²) >= 11 is 0. The predicted octanol–water partition coefficient (Wildman–Crippen LogP) is 1.75. The van der Waals surface area contributed by atoms with E-state index in [0.717, 1.165) is 36.7 Å². The summed E-state index contributed by atoms with van der Waals surface area (Å²) < 4.78 is 5.59. The molecule has 0 radical (unpaired) electrons. The molecule has 1 atom stereocenters. The fourth-order valence-corrected chi connectivity index (χ4v) is 1.50. The number of nitrogens with zero attached hydrogens (tertiary/aromatic N) is 2. The van der Waals surface area contributed by atoms with Gasteiger partial charge < -0.3 is 4.74 Å². The Morgan fingerprint density at radius 3 is 3.23 bits per heavy atom. The van der Waals surface area contributed by atoms with Crippen LogP contribution in [0.5, 0.6) is 5.75 Å². The molecule has 3 nitrogen and oxygen atoms in total. The van der Waals surface area contributed by atoms with E-state index in [-0.39, 0.29) is 0 Å². The van der Waals surface area contributed by atoms with Gasteiger partial charge >= 0.3 is 0 Å². The van der Waals surface area contributed by atoms with Crippen LogP contribution >= 0.6 is 0 Å². The lowest BCUT2D eigenvalue weighted by Crippen LogP contribution is -2.05. The molecule has 3 heteroatoms. The molecule has 1 aliphatic heterocycles. The maximum atomic E-state index is 5.59.